The molecule has 2 amide bonds. The molecule has 1 saturated carbocycles. The van der Waals surface area contributed by atoms with Gasteiger partial charge in [-0.1, -0.05) is 0 Å². The molecule has 2 aliphatic rings. The van der Waals surface area contributed by atoms with Gasteiger partial charge in [-0.15, -0.1) is 0 Å². The number of carbonyl (C=O) groups excluding carboxylic acids is 2. The maximum atomic E-state index is 13.9. The molecule has 3 rings (SSSR count). The van der Waals surface area contributed by atoms with Crippen molar-refractivity contribution < 1.29 is 28.3 Å². The first kappa shape index (κ1) is 17.3. The number of nitrogens with one attached hydrogen (secondary N) is 1. The second kappa shape index (κ2) is 6.09. The lowest BCUT2D eigenvalue weighted by atomic mass is 9.94. The van der Waals surface area contributed by atoms with E-state index in [1.807, 2.05) is 0 Å². The molecule has 1 heterocycles. The number of halogens is 2. The van der Waals surface area contributed by atoms with E-state index in [2.05, 4.69) is 5.32 Å². The Morgan fingerprint density at radius 1 is 1.32 bits per heavy atom. The first-order valence-corrected chi connectivity index (χ1v) is 8.03. The molecule has 8 heteroatoms. The highest BCUT2D eigenvalue weighted by Gasteiger charge is 2.50. The number of nitrogens with zero attached hydrogens (tertiary/aromatic N) is 1. The van der Waals surface area contributed by atoms with Gasteiger partial charge in [-0.05, 0) is 37.8 Å². The van der Waals surface area contributed by atoms with Crippen molar-refractivity contribution in [1.82, 2.24) is 5.32 Å². The minimum Gasteiger partial charge on any atom is -0.480 e. The van der Waals surface area contributed by atoms with Gasteiger partial charge in [0, 0.05) is 19.0 Å². The number of benzene rings is 1. The predicted molar refractivity (Wildman–Crippen MR) is 83.7 cm³/mol. The molecule has 2 atom stereocenters. The Hall–Kier alpha value is -2.51. The molecule has 2 fully saturated rings. The van der Waals surface area contributed by atoms with Gasteiger partial charge in [-0.2, -0.15) is 0 Å². The molecule has 25 heavy (non-hydrogen) atoms. The number of carbonyl (C=O) groups is 3. The third-order valence-corrected chi connectivity index (χ3v) is 4.92. The van der Waals surface area contributed by atoms with Crippen LogP contribution in [0, 0.1) is 23.5 Å². The summed E-state index contributed by atoms with van der Waals surface area (Å²) in [6, 6.07) is 2.85. The van der Waals surface area contributed by atoms with Gasteiger partial charge in [-0.3, -0.25) is 9.59 Å². The first-order valence-electron chi connectivity index (χ1n) is 8.03. The van der Waals surface area contributed by atoms with Crippen molar-refractivity contribution in [2.45, 2.75) is 31.7 Å². The second-order valence-electron chi connectivity index (χ2n) is 6.77. The Morgan fingerprint density at radius 3 is 2.56 bits per heavy atom. The van der Waals surface area contributed by atoms with E-state index in [4.69, 9.17) is 0 Å². The maximum Gasteiger partial charge on any atom is 0.329 e. The fourth-order valence-electron chi connectivity index (χ4n) is 3.17. The summed E-state index contributed by atoms with van der Waals surface area (Å²) in [5.41, 5.74) is -1.46. The molecular weight excluding hydrogens is 334 g/mol. The lowest BCUT2D eigenvalue weighted by molar-refractivity contribution is -0.148. The van der Waals surface area contributed by atoms with Crippen LogP contribution >= 0.6 is 0 Å². The standard InChI is InChI=1S/C17H18F2N2O4/c1-17(16(24)25,10-2-3-10)20-15(23)9-6-14(22)21(8-9)13-5-4-11(18)7-12(13)19/h4-5,7,9-10H,2-3,6,8H2,1H3,(H,20,23)(H,24,25)/t9-,17-/m1/s1. The quantitative estimate of drug-likeness (QED) is 0.844. The van der Waals surface area contributed by atoms with Crippen LogP contribution in [0.1, 0.15) is 26.2 Å². The van der Waals surface area contributed by atoms with Crippen LogP contribution < -0.4 is 10.2 Å². The normalized spacial score (nSPS) is 22.6. The van der Waals surface area contributed by atoms with E-state index in [0.29, 0.717) is 6.07 Å². The van der Waals surface area contributed by atoms with E-state index in [9.17, 15) is 28.3 Å². The first-order chi connectivity index (χ1) is 11.7. The molecule has 6 nitrogen and oxygen atoms in total. The van der Waals surface area contributed by atoms with Crippen molar-refractivity contribution in [3.05, 3.63) is 29.8 Å². The van der Waals surface area contributed by atoms with Crippen LogP contribution in [0.4, 0.5) is 14.5 Å². The van der Waals surface area contributed by atoms with Gasteiger partial charge in [0.25, 0.3) is 0 Å². The number of aliphatic carboxylic acids is 1. The summed E-state index contributed by atoms with van der Waals surface area (Å²) in [4.78, 5) is 37.2. The molecule has 1 saturated heterocycles. The minimum atomic E-state index is -1.37. The zero-order chi connectivity index (χ0) is 18.4. The molecule has 1 aliphatic heterocycles. The molecule has 1 aromatic rings. The largest absolute Gasteiger partial charge is 0.480 e. The SMILES string of the molecule is C[C@](NC(=O)[C@@H]1CC(=O)N(c2ccc(F)cc2F)C1)(C(=O)O)C1CC1. The van der Waals surface area contributed by atoms with Crippen LogP contribution in [0.2, 0.25) is 0 Å². The minimum absolute atomic E-state index is 0.0758. The van der Waals surface area contributed by atoms with E-state index in [1.165, 1.54) is 6.92 Å². The van der Waals surface area contributed by atoms with Crippen molar-refractivity contribution in [3.8, 4) is 0 Å². The highest BCUT2D eigenvalue weighted by molar-refractivity contribution is 6.01. The molecule has 1 aliphatic carbocycles. The van der Waals surface area contributed by atoms with Crippen LogP contribution in [0.3, 0.4) is 0 Å². The lowest BCUT2D eigenvalue weighted by Gasteiger charge is -2.27. The molecule has 0 aromatic heterocycles. The second-order valence-corrected chi connectivity index (χ2v) is 6.77. The highest BCUT2D eigenvalue weighted by atomic mass is 19.1. The van der Waals surface area contributed by atoms with Crippen molar-refractivity contribution in [1.29, 1.82) is 0 Å². The van der Waals surface area contributed by atoms with E-state index >= 15 is 0 Å². The maximum absolute atomic E-state index is 13.9. The smallest absolute Gasteiger partial charge is 0.329 e. The molecule has 0 bridgehead atoms. The topological polar surface area (TPSA) is 86.7 Å². The molecule has 134 valence electrons. The van der Waals surface area contributed by atoms with Gasteiger partial charge in [0.15, 0.2) is 0 Å². The monoisotopic (exact) mass is 352 g/mol. The van der Waals surface area contributed by atoms with Crippen LogP contribution in [0.25, 0.3) is 0 Å². The number of hydrogen-bond acceptors (Lipinski definition) is 3. The Bertz CT molecular complexity index is 750. The fourth-order valence-corrected chi connectivity index (χ4v) is 3.17. The number of anilines is 1. The molecule has 0 unspecified atom stereocenters. The van der Waals surface area contributed by atoms with E-state index in [-0.39, 0.29) is 24.6 Å². The average Bonchev–Trinajstić information content (AvgIpc) is 3.31. The number of carboxylic acids is 1. The predicted octanol–water partition coefficient (Wildman–Crippen LogP) is 1.69. The molecule has 1 aromatic carbocycles. The van der Waals surface area contributed by atoms with Crippen molar-refractivity contribution in [2.24, 2.45) is 11.8 Å². The molecule has 2 N–H and O–H groups in total. The van der Waals surface area contributed by atoms with E-state index in [0.717, 1.165) is 29.9 Å². The van der Waals surface area contributed by atoms with E-state index < -0.39 is 40.9 Å². The average molecular weight is 352 g/mol. The Morgan fingerprint density at radius 2 is 2.00 bits per heavy atom. The zero-order valence-electron chi connectivity index (χ0n) is 13.6. The Labute approximate surface area is 142 Å². The number of hydrogen-bond donors (Lipinski definition) is 2. The van der Waals surface area contributed by atoms with Crippen LogP contribution in [-0.4, -0.2) is 35.0 Å². The van der Waals surface area contributed by atoms with Crippen molar-refractivity contribution in [2.75, 3.05) is 11.4 Å². The van der Waals surface area contributed by atoms with Gasteiger partial charge < -0.3 is 15.3 Å². The van der Waals surface area contributed by atoms with Crippen molar-refractivity contribution >= 4 is 23.5 Å². The van der Waals surface area contributed by atoms with Gasteiger partial charge in [0.1, 0.15) is 17.2 Å². The fraction of sp³-hybridized carbons (Fsp3) is 0.471. The summed E-state index contributed by atoms with van der Waals surface area (Å²) >= 11 is 0. The van der Waals surface area contributed by atoms with Gasteiger partial charge >= 0.3 is 5.97 Å². The number of carboxylic acid groups (broad SMARTS) is 1. The van der Waals surface area contributed by atoms with Crippen LogP contribution in [-0.2, 0) is 14.4 Å². The summed E-state index contributed by atoms with van der Waals surface area (Å²) in [6.07, 6.45) is 1.29. The summed E-state index contributed by atoms with van der Waals surface area (Å²) in [5, 5.41) is 11.9. The van der Waals surface area contributed by atoms with E-state index in [1.54, 1.807) is 0 Å². The number of amides is 2. The third kappa shape index (κ3) is 3.20. The van der Waals surface area contributed by atoms with Crippen LogP contribution in [0.5, 0.6) is 0 Å². The summed E-state index contributed by atoms with van der Waals surface area (Å²) in [5.74, 6) is -4.68. The van der Waals surface area contributed by atoms with Crippen LogP contribution in [0.15, 0.2) is 18.2 Å². The summed E-state index contributed by atoms with van der Waals surface area (Å²) < 4.78 is 26.9. The van der Waals surface area contributed by atoms with Gasteiger partial charge in [0.2, 0.25) is 11.8 Å². The molecule has 0 spiro atoms. The third-order valence-electron chi connectivity index (χ3n) is 4.92. The van der Waals surface area contributed by atoms with Gasteiger partial charge in [-0.25, -0.2) is 13.6 Å². The molecule has 0 radical (unpaired) electrons. The summed E-state index contributed by atoms with van der Waals surface area (Å²) in [7, 11) is 0. The lowest BCUT2D eigenvalue weighted by Crippen LogP contribution is -2.55. The Kier molecular flexibility index (Phi) is 4.22. The summed E-state index contributed by atoms with van der Waals surface area (Å²) in [6.45, 7) is 1.38. The zero-order valence-corrected chi connectivity index (χ0v) is 13.6. The highest BCUT2D eigenvalue weighted by Crippen LogP contribution is 2.40. The van der Waals surface area contributed by atoms with Crippen molar-refractivity contribution in [3.63, 3.8) is 0 Å². The number of rotatable bonds is 5. The Balaban J connectivity index is 1.73. The van der Waals surface area contributed by atoms with Gasteiger partial charge in [0.05, 0.1) is 11.6 Å². The molecular formula is C17H18F2N2O4.